The second-order valence-corrected chi connectivity index (χ2v) is 4.90. The molecule has 100 valence electrons. The van der Waals surface area contributed by atoms with Crippen molar-refractivity contribution in [3.63, 3.8) is 0 Å². The highest BCUT2D eigenvalue weighted by atomic mass is 15.1. The van der Waals surface area contributed by atoms with Gasteiger partial charge in [0.1, 0.15) is 5.82 Å². The van der Waals surface area contributed by atoms with Crippen LogP contribution >= 0.6 is 0 Å². The molecule has 1 saturated carbocycles. The largest absolute Gasteiger partial charge is 0.308 e. The van der Waals surface area contributed by atoms with Crippen molar-refractivity contribution in [3.05, 3.63) is 23.8 Å². The van der Waals surface area contributed by atoms with Gasteiger partial charge in [0.05, 0.1) is 5.69 Å². The van der Waals surface area contributed by atoms with E-state index in [2.05, 4.69) is 34.0 Å². The summed E-state index contributed by atoms with van der Waals surface area (Å²) in [7, 11) is 0. The molecule has 1 aromatic rings. The molecule has 18 heavy (non-hydrogen) atoms. The molecule has 1 aromatic heterocycles. The quantitative estimate of drug-likeness (QED) is 0.759. The van der Waals surface area contributed by atoms with Crippen molar-refractivity contribution >= 4 is 0 Å². The molecule has 1 aliphatic rings. The van der Waals surface area contributed by atoms with Gasteiger partial charge < -0.3 is 10.2 Å². The van der Waals surface area contributed by atoms with E-state index >= 15 is 0 Å². The molecule has 0 unspecified atom stereocenters. The Kier molecular flexibility index (Phi) is 5.08. The first kappa shape index (κ1) is 13.4. The lowest BCUT2D eigenvalue weighted by molar-refractivity contribution is 0.305. The lowest BCUT2D eigenvalue weighted by atomic mass is 10.3. The van der Waals surface area contributed by atoms with Gasteiger partial charge in [-0.2, -0.15) is 0 Å². The van der Waals surface area contributed by atoms with Crippen molar-refractivity contribution in [2.75, 3.05) is 19.6 Å². The van der Waals surface area contributed by atoms with Crippen molar-refractivity contribution in [1.82, 2.24) is 20.2 Å². The van der Waals surface area contributed by atoms with Crippen molar-refractivity contribution in [2.24, 2.45) is 0 Å². The van der Waals surface area contributed by atoms with E-state index in [9.17, 15) is 0 Å². The van der Waals surface area contributed by atoms with Gasteiger partial charge in [-0.3, -0.25) is 0 Å². The van der Waals surface area contributed by atoms with Crippen LogP contribution in [0.4, 0.5) is 0 Å². The van der Waals surface area contributed by atoms with Crippen molar-refractivity contribution in [2.45, 2.75) is 45.7 Å². The molecule has 0 amide bonds. The molecule has 1 fully saturated rings. The fourth-order valence-electron chi connectivity index (χ4n) is 1.99. The molecule has 1 N–H and O–H groups in total. The molecule has 0 spiro atoms. The van der Waals surface area contributed by atoms with Gasteiger partial charge in [0.2, 0.25) is 0 Å². The smallest absolute Gasteiger partial charge is 0.129 e. The summed E-state index contributed by atoms with van der Waals surface area (Å²) in [5.74, 6) is 0.969. The number of nitrogens with zero attached hydrogens (tertiary/aromatic N) is 3. The average Bonchev–Trinajstić information content (AvgIpc) is 3.22. The molecule has 0 radical (unpaired) electrons. The van der Waals surface area contributed by atoms with Crippen molar-refractivity contribution in [1.29, 1.82) is 0 Å². The number of hydrogen-bond donors (Lipinski definition) is 1. The summed E-state index contributed by atoms with van der Waals surface area (Å²) >= 11 is 0. The van der Waals surface area contributed by atoms with Gasteiger partial charge >= 0.3 is 0 Å². The highest BCUT2D eigenvalue weighted by Gasteiger charge is 2.20. The maximum absolute atomic E-state index is 4.61. The number of aromatic nitrogens is 2. The van der Waals surface area contributed by atoms with E-state index in [1.165, 1.54) is 12.8 Å². The van der Waals surface area contributed by atoms with Crippen LogP contribution in [0.15, 0.2) is 12.3 Å². The molecule has 0 aromatic carbocycles. The SMILES string of the molecule is CCN(CC)CCc1nccc(CNC2CC2)n1. The monoisotopic (exact) mass is 248 g/mol. The fourth-order valence-corrected chi connectivity index (χ4v) is 1.99. The van der Waals surface area contributed by atoms with Crippen LogP contribution in [0, 0.1) is 0 Å². The average molecular weight is 248 g/mol. The Labute approximate surface area is 110 Å². The molecule has 0 saturated heterocycles. The number of nitrogens with one attached hydrogen (secondary N) is 1. The molecular formula is C14H24N4. The second-order valence-electron chi connectivity index (χ2n) is 4.90. The van der Waals surface area contributed by atoms with Gasteiger partial charge in [-0.25, -0.2) is 9.97 Å². The molecule has 4 heteroatoms. The first-order chi connectivity index (χ1) is 8.81. The van der Waals surface area contributed by atoms with Crippen molar-refractivity contribution in [3.8, 4) is 0 Å². The Morgan fingerprint density at radius 1 is 1.33 bits per heavy atom. The summed E-state index contributed by atoms with van der Waals surface area (Å²) in [6.07, 6.45) is 5.47. The minimum atomic E-state index is 0.735. The first-order valence-electron chi connectivity index (χ1n) is 7.08. The highest BCUT2D eigenvalue weighted by molar-refractivity contribution is 5.03. The minimum Gasteiger partial charge on any atom is -0.308 e. The third-order valence-corrected chi connectivity index (χ3v) is 3.46. The zero-order chi connectivity index (χ0) is 12.8. The van der Waals surface area contributed by atoms with Crippen LogP contribution in [0.3, 0.4) is 0 Å². The third-order valence-electron chi connectivity index (χ3n) is 3.46. The summed E-state index contributed by atoms with van der Waals surface area (Å²) in [4.78, 5) is 11.4. The lowest BCUT2D eigenvalue weighted by Crippen LogP contribution is -2.26. The van der Waals surface area contributed by atoms with E-state index in [1.807, 2.05) is 12.3 Å². The number of rotatable bonds is 8. The minimum absolute atomic E-state index is 0.735. The number of hydrogen-bond acceptors (Lipinski definition) is 4. The van der Waals surface area contributed by atoms with E-state index in [1.54, 1.807) is 0 Å². The maximum atomic E-state index is 4.61. The first-order valence-corrected chi connectivity index (χ1v) is 7.08. The Bertz CT molecular complexity index is 359. The second kappa shape index (κ2) is 6.81. The van der Waals surface area contributed by atoms with Crippen LogP contribution in [-0.2, 0) is 13.0 Å². The molecule has 0 atom stereocenters. The summed E-state index contributed by atoms with van der Waals surface area (Å²) in [6.45, 7) is 8.51. The Morgan fingerprint density at radius 3 is 2.78 bits per heavy atom. The Hall–Kier alpha value is -1.00. The molecule has 1 heterocycles. The Morgan fingerprint density at radius 2 is 2.11 bits per heavy atom. The lowest BCUT2D eigenvalue weighted by Gasteiger charge is -2.17. The predicted molar refractivity (Wildman–Crippen MR) is 73.4 cm³/mol. The van der Waals surface area contributed by atoms with E-state index in [-0.39, 0.29) is 0 Å². The van der Waals surface area contributed by atoms with Gasteiger partial charge in [0.25, 0.3) is 0 Å². The van der Waals surface area contributed by atoms with Crippen LogP contribution in [0.25, 0.3) is 0 Å². The van der Waals surface area contributed by atoms with E-state index < -0.39 is 0 Å². The standard InChI is InChI=1S/C14H24N4/c1-3-18(4-2)10-8-14-15-9-7-13(17-14)11-16-12-5-6-12/h7,9,12,16H,3-6,8,10-11H2,1-2H3. The number of likely N-dealkylation sites (N-methyl/N-ethyl adjacent to an activating group) is 1. The summed E-state index contributed by atoms with van der Waals surface area (Å²) in [5, 5.41) is 3.49. The Balaban J connectivity index is 1.81. The zero-order valence-corrected chi connectivity index (χ0v) is 11.5. The van der Waals surface area contributed by atoms with Crippen LogP contribution < -0.4 is 5.32 Å². The molecule has 1 aliphatic carbocycles. The molecular weight excluding hydrogens is 224 g/mol. The van der Waals surface area contributed by atoms with Gasteiger partial charge in [-0.1, -0.05) is 13.8 Å². The van der Waals surface area contributed by atoms with Crippen LogP contribution in [0.1, 0.15) is 38.2 Å². The van der Waals surface area contributed by atoms with Crippen LogP contribution in [0.2, 0.25) is 0 Å². The highest BCUT2D eigenvalue weighted by Crippen LogP contribution is 2.18. The summed E-state index contributed by atoms with van der Waals surface area (Å²) < 4.78 is 0. The predicted octanol–water partition coefficient (Wildman–Crippen LogP) is 1.61. The molecule has 0 bridgehead atoms. The zero-order valence-electron chi connectivity index (χ0n) is 11.5. The topological polar surface area (TPSA) is 41.1 Å². The normalized spacial score (nSPS) is 15.3. The van der Waals surface area contributed by atoms with E-state index in [4.69, 9.17) is 0 Å². The van der Waals surface area contributed by atoms with Gasteiger partial charge in [-0.15, -0.1) is 0 Å². The van der Waals surface area contributed by atoms with E-state index in [0.717, 1.165) is 50.2 Å². The summed E-state index contributed by atoms with van der Waals surface area (Å²) in [5.41, 5.74) is 1.12. The van der Waals surface area contributed by atoms with Crippen molar-refractivity contribution < 1.29 is 0 Å². The van der Waals surface area contributed by atoms with Crippen LogP contribution in [0.5, 0.6) is 0 Å². The van der Waals surface area contributed by atoms with Gasteiger partial charge in [0, 0.05) is 31.7 Å². The van der Waals surface area contributed by atoms with Crippen LogP contribution in [-0.4, -0.2) is 40.5 Å². The fraction of sp³-hybridized carbons (Fsp3) is 0.714. The summed E-state index contributed by atoms with van der Waals surface area (Å²) in [6, 6.07) is 2.75. The maximum Gasteiger partial charge on any atom is 0.129 e. The molecule has 0 aliphatic heterocycles. The third kappa shape index (κ3) is 4.35. The molecule has 2 rings (SSSR count). The van der Waals surface area contributed by atoms with Gasteiger partial charge in [-0.05, 0) is 32.0 Å². The molecule has 4 nitrogen and oxygen atoms in total. The van der Waals surface area contributed by atoms with Gasteiger partial charge in [0.15, 0.2) is 0 Å². The van der Waals surface area contributed by atoms with E-state index in [0.29, 0.717) is 0 Å².